The van der Waals surface area contributed by atoms with Crippen molar-refractivity contribution < 1.29 is 4.74 Å². The first-order valence-electron chi connectivity index (χ1n) is 5.71. The van der Waals surface area contributed by atoms with Crippen molar-refractivity contribution in [3.8, 4) is 0 Å². The molecule has 0 amide bonds. The third kappa shape index (κ3) is 5.43. The van der Waals surface area contributed by atoms with Gasteiger partial charge in [0.25, 0.3) is 0 Å². The van der Waals surface area contributed by atoms with Crippen LogP contribution in [0.25, 0.3) is 0 Å². The molecule has 1 rings (SSSR count). The Balaban J connectivity index is 2.09. The van der Waals surface area contributed by atoms with Crippen molar-refractivity contribution in [3.63, 3.8) is 0 Å². The third-order valence-corrected chi connectivity index (χ3v) is 4.30. The minimum Gasteiger partial charge on any atom is -0.385 e. The topological polar surface area (TPSA) is 21.3 Å². The first kappa shape index (κ1) is 14.2. The Labute approximate surface area is 111 Å². The van der Waals surface area contributed by atoms with Crippen LogP contribution in [0.3, 0.4) is 0 Å². The Morgan fingerprint density at radius 1 is 1.38 bits per heavy atom. The van der Waals surface area contributed by atoms with E-state index in [1.54, 1.807) is 18.4 Å². The smallest absolute Gasteiger partial charge is 0.0701 e. The van der Waals surface area contributed by atoms with E-state index in [0.29, 0.717) is 6.04 Å². The normalized spacial score (nSPS) is 12.9. The van der Waals surface area contributed by atoms with E-state index < -0.39 is 0 Å². The first-order valence-corrected chi connectivity index (χ1v) is 7.32. The van der Waals surface area contributed by atoms with Gasteiger partial charge in [-0.3, -0.25) is 0 Å². The maximum atomic E-state index is 5.02. The second-order valence-electron chi connectivity index (χ2n) is 3.87. The van der Waals surface area contributed by atoms with Gasteiger partial charge in [-0.2, -0.15) is 0 Å². The van der Waals surface area contributed by atoms with Crippen LogP contribution in [-0.4, -0.2) is 20.3 Å². The Morgan fingerprint density at radius 3 is 2.81 bits per heavy atom. The van der Waals surface area contributed by atoms with Gasteiger partial charge in [0.05, 0.1) is 3.79 Å². The summed E-state index contributed by atoms with van der Waals surface area (Å²) in [6.07, 6.45) is 3.62. The summed E-state index contributed by atoms with van der Waals surface area (Å²) in [6, 6.07) is 4.74. The maximum Gasteiger partial charge on any atom is 0.0701 e. The summed E-state index contributed by atoms with van der Waals surface area (Å²) in [5.74, 6) is 0. The third-order valence-electron chi connectivity index (χ3n) is 2.50. The lowest BCUT2D eigenvalue weighted by Crippen LogP contribution is -2.18. The van der Waals surface area contributed by atoms with Crippen LogP contribution < -0.4 is 5.32 Å². The molecule has 1 N–H and O–H groups in total. The Morgan fingerprint density at radius 2 is 2.19 bits per heavy atom. The highest BCUT2D eigenvalue weighted by molar-refractivity contribution is 9.11. The van der Waals surface area contributed by atoms with Crippen LogP contribution in [0, 0.1) is 0 Å². The van der Waals surface area contributed by atoms with Gasteiger partial charge in [0, 0.05) is 24.6 Å². The van der Waals surface area contributed by atoms with Gasteiger partial charge in [0.2, 0.25) is 0 Å². The van der Waals surface area contributed by atoms with E-state index in [9.17, 15) is 0 Å². The number of unbranched alkanes of at least 4 members (excludes halogenated alkanes) is 2. The first-order chi connectivity index (χ1) is 7.74. The summed E-state index contributed by atoms with van der Waals surface area (Å²) in [7, 11) is 1.76. The lowest BCUT2D eigenvalue weighted by molar-refractivity contribution is 0.192. The van der Waals surface area contributed by atoms with Crippen LogP contribution in [0.1, 0.15) is 37.1 Å². The standard InChI is InChI=1S/C12H20BrNOS/c1-10(11-6-7-12(13)16-11)14-8-4-3-5-9-15-2/h6-7,10,14H,3-5,8-9H2,1-2H3. The number of thiophene rings is 1. The van der Waals surface area contributed by atoms with Crippen molar-refractivity contribution in [3.05, 3.63) is 20.8 Å². The Bertz CT molecular complexity index is 290. The van der Waals surface area contributed by atoms with Gasteiger partial charge in [-0.15, -0.1) is 11.3 Å². The summed E-state index contributed by atoms with van der Waals surface area (Å²) in [6.45, 7) is 4.18. The fourth-order valence-electron chi connectivity index (χ4n) is 1.53. The molecule has 16 heavy (non-hydrogen) atoms. The number of halogens is 1. The van der Waals surface area contributed by atoms with Crippen LogP contribution in [0.15, 0.2) is 15.9 Å². The number of ether oxygens (including phenoxy) is 1. The van der Waals surface area contributed by atoms with Crippen LogP contribution in [-0.2, 0) is 4.74 Å². The number of nitrogens with one attached hydrogen (secondary N) is 1. The van der Waals surface area contributed by atoms with Gasteiger partial charge < -0.3 is 10.1 Å². The minimum absolute atomic E-state index is 0.457. The van der Waals surface area contributed by atoms with E-state index >= 15 is 0 Å². The molecule has 0 bridgehead atoms. The highest BCUT2D eigenvalue weighted by Crippen LogP contribution is 2.26. The molecule has 0 aliphatic heterocycles. The molecule has 0 aliphatic carbocycles. The molecule has 4 heteroatoms. The molecule has 92 valence electrons. The summed E-state index contributed by atoms with van der Waals surface area (Å²) in [4.78, 5) is 1.39. The average Bonchev–Trinajstić information content (AvgIpc) is 2.70. The zero-order chi connectivity index (χ0) is 11.8. The van der Waals surface area contributed by atoms with Crippen LogP contribution in [0.5, 0.6) is 0 Å². The molecule has 0 spiro atoms. The maximum absolute atomic E-state index is 5.02. The molecule has 1 aromatic heterocycles. The summed E-state index contributed by atoms with van der Waals surface area (Å²) in [5.41, 5.74) is 0. The second-order valence-corrected chi connectivity index (χ2v) is 6.37. The number of hydrogen-bond donors (Lipinski definition) is 1. The molecule has 0 fully saturated rings. The Hall–Kier alpha value is 0.1000. The molecule has 1 heterocycles. The van der Waals surface area contributed by atoms with Crippen molar-refractivity contribution in [1.82, 2.24) is 5.32 Å². The zero-order valence-electron chi connectivity index (χ0n) is 9.96. The molecule has 2 nitrogen and oxygen atoms in total. The van der Waals surface area contributed by atoms with Crippen molar-refractivity contribution in [2.75, 3.05) is 20.3 Å². The highest BCUT2D eigenvalue weighted by atomic mass is 79.9. The van der Waals surface area contributed by atoms with Gasteiger partial charge in [-0.1, -0.05) is 0 Å². The summed E-state index contributed by atoms with van der Waals surface area (Å²) < 4.78 is 6.22. The number of rotatable bonds is 8. The molecule has 0 radical (unpaired) electrons. The van der Waals surface area contributed by atoms with E-state index in [-0.39, 0.29) is 0 Å². The summed E-state index contributed by atoms with van der Waals surface area (Å²) >= 11 is 5.29. The van der Waals surface area contributed by atoms with Crippen LogP contribution >= 0.6 is 27.3 Å². The monoisotopic (exact) mass is 305 g/mol. The van der Waals surface area contributed by atoms with E-state index in [1.807, 2.05) is 0 Å². The molecule has 1 aromatic rings. The zero-order valence-corrected chi connectivity index (χ0v) is 12.4. The van der Waals surface area contributed by atoms with Gasteiger partial charge >= 0.3 is 0 Å². The van der Waals surface area contributed by atoms with E-state index in [1.165, 1.54) is 21.5 Å². The van der Waals surface area contributed by atoms with Gasteiger partial charge in [-0.25, -0.2) is 0 Å². The Kier molecular flexibility index (Phi) is 7.28. The second kappa shape index (κ2) is 8.23. The van der Waals surface area contributed by atoms with Crippen molar-refractivity contribution in [2.45, 2.75) is 32.2 Å². The molecular weight excluding hydrogens is 286 g/mol. The SMILES string of the molecule is COCCCCCNC(C)c1ccc(Br)s1. The highest BCUT2D eigenvalue weighted by Gasteiger charge is 2.06. The molecule has 0 aliphatic rings. The number of methoxy groups -OCH3 is 1. The predicted molar refractivity (Wildman–Crippen MR) is 74.2 cm³/mol. The largest absolute Gasteiger partial charge is 0.385 e. The predicted octanol–water partition coefficient (Wildman–Crippen LogP) is 3.98. The van der Waals surface area contributed by atoms with Gasteiger partial charge in [0.15, 0.2) is 0 Å². The minimum atomic E-state index is 0.457. The average molecular weight is 306 g/mol. The number of hydrogen-bond acceptors (Lipinski definition) is 3. The lowest BCUT2D eigenvalue weighted by Gasteiger charge is -2.11. The molecule has 0 aromatic carbocycles. The van der Waals surface area contributed by atoms with E-state index in [2.05, 4.69) is 40.3 Å². The molecular formula is C12H20BrNOS. The quantitative estimate of drug-likeness (QED) is 0.734. The molecule has 1 atom stereocenters. The van der Waals surface area contributed by atoms with Crippen LogP contribution in [0.4, 0.5) is 0 Å². The van der Waals surface area contributed by atoms with E-state index in [4.69, 9.17) is 4.74 Å². The van der Waals surface area contributed by atoms with E-state index in [0.717, 1.165) is 19.6 Å². The van der Waals surface area contributed by atoms with Gasteiger partial charge in [0.1, 0.15) is 0 Å². The summed E-state index contributed by atoms with van der Waals surface area (Å²) in [5, 5.41) is 3.54. The fraction of sp³-hybridized carbons (Fsp3) is 0.667. The van der Waals surface area contributed by atoms with Crippen molar-refractivity contribution in [1.29, 1.82) is 0 Å². The molecule has 1 unspecified atom stereocenters. The molecule has 0 saturated heterocycles. The van der Waals surface area contributed by atoms with Crippen molar-refractivity contribution in [2.24, 2.45) is 0 Å². The lowest BCUT2D eigenvalue weighted by atomic mass is 10.2. The van der Waals surface area contributed by atoms with Crippen LogP contribution in [0.2, 0.25) is 0 Å². The van der Waals surface area contributed by atoms with Crippen molar-refractivity contribution >= 4 is 27.3 Å². The van der Waals surface area contributed by atoms with Gasteiger partial charge in [-0.05, 0) is 60.8 Å². The molecule has 0 saturated carbocycles. The fourth-order valence-corrected chi connectivity index (χ4v) is 2.98.